The molecule has 0 aromatic heterocycles. The van der Waals surface area contributed by atoms with E-state index in [0.717, 1.165) is 11.3 Å². The molecule has 0 spiro atoms. The second-order valence-electron chi connectivity index (χ2n) is 3.14. The highest BCUT2D eigenvalue weighted by molar-refractivity contribution is 8.00. The van der Waals surface area contributed by atoms with Gasteiger partial charge in [0.1, 0.15) is 5.25 Å². The largest absolute Gasteiger partial charge is 0.465 e. The fourth-order valence-corrected chi connectivity index (χ4v) is 2.85. The Morgan fingerprint density at radius 2 is 2.20 bits per heavy atom. The summed E-state index contributed by atoms with van der Waals surface area (Å²) < 4.78 is 4.87. The first kappa shape index (κ1) is 11.1. The predicted molar refractivity (Wildman–Crippen MR) is 61.7 cm³/mol. The van der Waals surface area contributed by atoms with Gasteiger partial charge in [0, 0.05) is 16.3 Å². The molecule has 80 valence electrons. The van der Waals surface area contributed by atoms with Gasteiger partial charge in [-0.1, -0.05) is 23.2 Å². The van der Waals surface area contributed by atoms with Gasteiger partial charge in [0.2, 0.25) is 0 Å². The summed E-state index contributed by atoms with van der Waals surface area (Å²) >= 11 is 13.3. The van der Waals surface area contributed by atoms with Gasteiger partial charge in [0.25, 0.3) is 0 Å². The van der Waals surface area contributed by atoms with E-state index in [0.29, 0.717) is 16.7 Å². The van der Waals surface area contributed by atoms with E-state index in [1.54, 1.807) is 18.2 Å². The van der Waals surface area contributed by atoms with Crippen molar-refractivity contribution >= 4 is 40.9 Å². The molecule has 1 aliphatic rings. The van der Waals surface area contributed by atoms with Crippen molar-refractivity contribution in [2.45, 2.75) is 16.6 Å². The van der Waals surface area contributed by atoms with Crippen molar-refractivity contribution in [3.05, 3.63) is 28.2 Å². The number of benzene rings is 1. The van der Waals surface area contributed by atoms with Gasteiger partial charge in [-0.25, -0.2) is 0 Å². The quantitative estimate of drug-likeness (QED) is 0.765. The van der Waals surface area contributed by atoms with Crippen LogP contribution in [-0.2, 0) is 9.53 Å². The van der Waals surface area contributed by atoms with E-state index in [1.807, 2.05) is 0 Å². The van der Waals surface area contributed by atoms with Crippen molar-refractivity contribution in [1.82, 2.24) is 0 Å². The van der Waals surface area contributed by atoms with Gasteiger partial charge in [-0.15, -0.1) is 11.8 Å². The van der Waals surface area contributed by atoms with E-state index in [2.05, 4.69) is 0 Å². The molecule has 1 heterocycles. The molecule has 15 heavy (non-hydrogen) atoms. The second-order valence-corrected chi connectivity index (χ2v) is 5.23. The van der Waals surface area contributed by atoms with Gasteiger partial charge in [-0.05, 0) is 18.2 Å². The average molecular weight is 263 g/mol. The van der Waals surface area contributed by atoms with E-state index in [1.165, 1.54) is 11.8 Å². The molecule has 1 aliphatic heterocycles. The molecule has 5 heteroatoms. The lowest BCUT2D eigenvalue weighted by molar-refractivity contribution is -0.137. The third-order valence-electron chi connectivity index (χ3n) is 2.05. The minimum Gasteiger partial charge on any atom is -0.465 e. The number of carbonyl (C=O) groups is 1. The lowest BCUT2D eigenvalue weighted by Crippen LogP contribution is -2.09. The molecule has 1 fully saturated rings. The summed E-state index contributed by atoms with van der Waals surface area (Å²) in [6, 6.07) is 5.22. The number of rotatable bonds is 2. The summed E-state index contributed by atoms with van der Waals surface area (Å²) in [7, 11) is 0. The van der Waals surface area contributed by atoms with Crippen molar-refractivity contribution in [1.29, 1.82) is 0 Å². The van der Waals surface area contributed by atoms with E-state index in [-0.39, 0.29) is 11.2 Å². The fraction of sp³-hybridized carbons (Fsp3) is 0.300. The van der Waals surface area contributed by atoms with Crippen LogP contribution in [0.3, 0.4) is 0 Å². The number of esters is 1. The second kappa shape index (κ2) is 4.64. The fourth-order valence-electron chi connectivity index (χ4n) is 1.31. The van der Waals surface area contributed by atoms with Crippen molar-refractivity contribution in [3.8, 4) is 0 Å². The van der Waals surface area contributed by atoms with Crippen LogP contribution in [0.15, 0.2) is 23.1 Å². The van der Waals surface area contributed by atoms with Crippen molar-refractivity contribution in [2.75, 3.05) is 6.61 Å². The lowest BCUT2D eigenvalue weighted by Gasteiger charge is -2.07. The molecule has 2 rings (SSSR count). The average Bonchev–Trinajstić information content (AvgIpc) is 2.58. The molecule has 1 unspecified atom stereocenters. The molecule has 1 aromatic carbocycles. The number of hydrogen-bond acceptors (Lipinski definition) is 3. The standard InChI is InChI=1S/C10H8Cl2O2S/c11-6-1-2-7(12)9(5-6)15-8-3-4-14-10(8)13/h1-2,5,8H,3-4H2. The minimum atomic E-state index is -0.170. The Morgan fingerprint density at radius 3 is 2.87 bits per heavy atom. The van der Waals surface area contributed by atoms with Crippen molar-refractivity contribution < 1.29 is 9.53 Å². The van der Waals surface area contributed by atoms with Crippen LogP contribution in [0.5, 0.6) is 0 Å². The third-order valence-corrected chi connectivity index (χ3v) is 4.03. The van der Waals surface area contributed by atoms with Crippen LogP contribution < -0.4 is 0 Å². The Hall–Kier alpha value is -0.380. The maximum Gasteiger partial charge on any atom is 0.319 e. The molecule has 2 nitrogen and oxygen atoms in total. The molecule has 1 saturated heterocycles. The smallest absolute Gasteiger partial charge is 0.319 e. The molecule has 0 aliphatic carbocycles. The van der Waals surface area contributed by atoms with Crippen molar-refractivity contribution in [3.63, 3.8) is 0 Å². The van der Waals surface area contributed by atoms with Crippen LogP contribution in [0, 0.1) is 0 Å². The number of thioether (sulfide) groups is 1. The summed E-state index contributed by atoms with van der Waals surface area (Å²) in [6.07, 6.45) is 0.729. The normalized spacial score (nSPS) is 20.4. The summed E-state index contributed by atoms with van der Waals surface area (Å²) in [6.45, 7) is 0.495. The third kappa shape index (κ3) is 2.60. The highest BCUT2D eigenvalue weighted by atomic mass is 35.5. The molecule has 0 radical (unpaired) electrons. The molecule has 1 aromatic rings. The van der Waals surface area contributed by atoms with Crippen molar-refractivity contribution in [2.24, 2.45) is 0 Å². The first-order valence-corrected chi connectivity index (χ1v) is 6.09. The monoisotopic (exact) mass is 262 g/mol. The zero-order valence-electron chi connectivity index (χ0n) is 7.70. The Balaban J connectivity index is 2.16. The van der Waals surface area contributed by atoms with Gasteiger partial charge in [-0.3, -0.25) is 4.79 Å². The SMILES string of the molecule is O=C1OCCC1Sc1cc(Cl)ccc1Cl. The van der Waals surface area contributed by atoms with Gasteiger partial charge >= 0.3 is 5.97 Å². The summed E-state index contributed by atoms with van der Waals surface area (Å²) in [5, 5.41) is 1.08. The highest BCUT2D eigenvalue weighted by Crippen LogP contribution is 2.35. The van der Waals surface area contributed by atoms with Crippen LogP contribution in [0.1, 0.15) is 6.42 Å². The summed E-state index contributed by atoms with van der Waals surface area (Å²) in [5.74, 6) is -0.170. The van der Waals surface area contributed by atoms with E-state index < -0.39 is 0 Å². The molecular weight excluding hydrogens is 255 g/mol. The molecular formula is C10H8Cl2O2S. The Labute approximate surface area is 102 Å². The van der Waals surface area contributed by atoms with Gasteiger partial charge < -0.3 is 4.74 Å². The molecule has 0 amide bonds. The highest BCUT2D eigenvalue weighted by Gasteiger charge is 2.28. The molecule has 0 saturated carbocycles. The molecule has 0 bridgehead atoms. The van der Waals surface area contributed by atoms with Gasteiger partial charge in [0.05, 0.1) is 11.6 Å². The zero-order chi connectivity index (χ0) is 10.8. The topological polar surface area (TPSA) is 26.3 Å². The first-order valence-electron chi connectivity index (χ1n) is 4.45. The minimum absolute atomic E-state index is 0.152. The van der Waals surface area contributed by atoms with Crippen LogP contribution >= 0.6 is 35.0 Å². The molecule has 0 N–H and O–H groups in total. The first-order chi connectivity index (χ1) is 7.16. The summed E-state index contributed by atoms with van der Waals surface area (Å²) in [4.78, 5) is 12.1. The number of ether oxygens (including phenoxy) is 1. The maximum absolute atomic E-state index is 11.3. The van der Waals surface area contributed by atoms with E-state index in [9.17, 15) is 4.79 Å². The number of halogens is 2. The Bertz CT molecular complexity index is 395. The van der Waals surface area contributed by atoms with E-state index >= 15 is 0 Å². The lowest BCUT2D eigenvalue weighted by atomic mass is 10.3. The number of cyclic esters (lactones) is 1. The van der Waals surface area contributed by atoms with Crippen LogP contribution in [-0.4, -0.2) is 17.8 Å². The van der Waals surface area contributed by atoms with Crippen LogP contribution in [0.25, 0.3) is 0 Å². The Kier molecular flexibility index (Phi) is 3.44. The number of hydrogen-bond donors (Lipinski definition) is 0. The van der Waals surface area contributed by atoms with Crippen LogP contribution in [0.2, 0.25) is 10.0 Å². The van der Waals surface area contributed by atoms with Gasteiger partial charge in [-0.2, -0.15) is 0 Å². The summed E-state index contributed by atoms with van der Waals surface area (Å²) in [5.41, 5.74) is 0. The Morgan fingerprint density at radius 1 is 1.40 bits per heavy atom. The predicted octanol–water partition coefficient (Wildman–Crippen LogP) is 3.40. The maximum atomic E-state index is 11.3. The van der Waals surface area contributed by atoms with Gasteiger partial charge in [0.15, 0.2) is 0 Å². The zero-order valence-corrected chi connectivity index (χ0v) is 10.0. The van der Waals surface area contributed by atoms with E-state index in [4.69, 9.17) is 27.9 Å². The number of carbonyl (C=O) groups excluding carboxylic acids is 1. The molecule has 1 atom stereocenters. The van der Waals surface area contributed by atoms with Crippen LogP contribution in [0.4, 0.5) is 0 Å².